The first-order chi connectivity index (χ1) is 8.74. The van der Waals surface area contributed by atoms with Gasteiger partial charge in [-0.3, -0.25) is 9.59 Å². The summed E-state index contributed by atoms with van der Waals surface area (Å²) < 4.78 is 0. The van der Waals surface area contributed by atoms with E-state index in [-0.39, 0.29) is 72.7 Å². The maximum Gasteiger partial charge on any atom is 0.396 e. The molecule has 0 N–H and O–H groups in total. The van der Waals surface area contributed by atoms with E-state index in [2.05, 4.69) is 4.98 Å². The smallest absolute Gasteiger partial charge is 0.396 e. The number of carbonyl (C=O) groups excluding carboxylic acids is 2. The number of halogens is 2. The predicted octanol–water partition coefficient (Wildman–Crippen LogP) is -3.05. The summed E-state index contributed by atoms with van der Waals surface area (Å²) >= 11 is 0. The van der Waals surface area contributed by atoms with Crippen LogP contribution in [0.25, 0.3) is 4.98 Å². The van der Waals surface area contributed by atoms with Crippen LogP contribution in [0.1, 0.15) is 31.8 Å². The zero-order chi connectivity index (χ0) is 12.7. The van der Waals surface area contributed by atoms with Gasteiger partial charge in [-0.1, -0.05) is 30.3 Å². The first kappa shape index (κ1) is 19.4. The second-order valence-electron chi connectivity index (χ2n) is 4.00. The summed E-state index contributed by atoms with van der Waals surface area (Å²) in [6, 6.07) is 11.3. The molecule has 0 fully saturated rings. The number of nitrogens with zero attached hydrogens (tertiary/aromatic N) is 2. The number of carbonyl (C=O) groups is 2. The summed E-state index contributed by atoms with van der Waals surface area (Å²) in [4.78, 5) is 27.6. The van der Waals surface area contributed by atoms with E-state index in [0.29, 0.717) is 11.1 Å². The summed E-state index contributed by atoms with van der Waals surface area (Å²) in [6.45, 7) is 0. The van der Waals surface area contributed by atoms with Gasteiger partial charge in [0.25, 0.3) is 0 Å². The van der Waals surface area contributed by atoms with E-state index in [0.717, 1.165) is 0 Å². The standard InChI is InChI=1S/C14H7N2O2.2ClH.Zn/c15-16-11-7-3-6-10-12(11)14(18)9-5-2-1-4-8(9)13(10)17;;;/h1-7H;2*1H;/q+1;;;/p-2. The van der Waals surface area contributed by atoms with Crippen LogP contribution in [0.3, 0.4) is 0 Å². The van der Waals surface area contributed by atoms with Gasteiger partial charge in [0.2, 0.25) is 11.2 Å². The molecule has 0 spiro atoms. The number of hydrogen-bond acceptors (Lipinski definition) is 3. The zero-order valence-electron chi connectivity index (χ0n) is 10.7. The summed E-state index contributed by atoms with van der Waals surface area (Å²) in [5.74, 6) is -0.501. The average Bonchev–Trinajstić information content (AvgIpc) is 2.44. The minimum Gasteiger partial charge on any atom is -1.00 e. The molecule has 2 aromatic carbocycles. The second-order valence-corrected chi connectivity index (χ2v) is 4.00. The van der Waals surface area contributed by atoms with Gasteiger partial charge in [0.05, 0.1) is 0 Å². The Balaban J connectivity index is 0.00000133. The maximum atomic E-state index is 12.3. The average molecular weight is 372 g/mol. The molecule has 0 saturated heterocycles. The fraction of sp³-hybridized carbons (Fsp3) is 0. The first-order valence-corrected chi connectivity index (χ1v) is 5.40. The molecule has 102 valence electrons. The third-order valence-corrected chi connectivity index (χ3v) is 3.04. The van der Waals surface area contributed by atoms with Crippen molar-refractivity contribution in [2.24, 2.45) is 0 Å². The van der Waals surface area contributed by atoms with Crippen molar-refractivity contribution in [1.29, 1.82) is 5.39 Å². The van der Waals surface area contributed by atoms with Crippen LogP contribution < -0.4 is 24.8 Å². The largest absolute Gasteiger partial charge is 1.00 e. The molecule has 1 aliphatic rings. The minimum atomic E-state index is -0.284. The molecule has 0 unspecified atom stereocenters. The molecule has 0 saturated carbocycles. The van der Waals surface area contributed by atoms with Crippen LogP contribution in [0.15, 0.2) is 42.5 Å². The van der Waals surface area contributed by atoms with Crippen molar-refractivity contribution in [3.63, 3.8) is 0 Å². The minimum absolute atomic E-state index is 0. The number of benzene rings is 2. The molecule has 0 bridgehead atoms. The van der Waals surface area contributed by atoms with Crippen LogP contribution in [-0.4, -0.2) is 11.6 Å². The summed E-state index contributed by atoms with van der Waals surface area (Å²) in [5, 5.41) is 8.91. The summed E-state index contributed by atoms with van der Waals surface area (Å²) in [7, 11) is 0. The molecule has 0 amide bonds. The van der Waals surface area contributed by atoms with E-state index in [1.807, 2.05) is 0 Å². The van der Waals surface area contributed by atoms with Crippen molar-refractivity contribution in [1.82, 2.24) is 0 Å². The number of fused-ring (bicyclic) bond motifs is 2. The molecule has 7 heteroatoms. The molecule has 21 heavy (non-hydrogen) atoms. The third-order valence-electron chi connectivity index (χ3n) is 3.04. The van der Waals surface area contributed by atoms with E-state index in [1.165, 1.54) is 6.07 Å². The fourth-order valence-corrected chi connectivity index (χ4v) is 2.21. The topological polar surface area (TPSA) is 62.3 Å². The van der Waals surface area contributed by atoms with Crippen LogP contribution in [0.5, 0.6) is 0 Å². The Labute approximate surface area is 146 Å². The zero-order valence-corrected chi connectivity index (χ0v) is 15.2. The van der Waals surface area contributed by atoms with Crippen LogP contribution in [0.2, 0.25) is 0 Å². The summed E-state index contributed by atoms with van der Waals surface area (Å²) in [5.41, 5.74) is 1.33. The molecule has 2 aromatic rings. The summed E-state index contributed by atoms with van der Waals surface area (Å²) in [6.07, 6.45) is 0. The molecule has 0 radical (unpaired) electrons. The number of hydrogen-bond donors (Lipinski definition) is 0. The van der Waals surface area contributed by atoms with Crippen molar-refractivity contribution in [2.75, 3.05) is 0 Å². The Morgan fingerprint density at radius 1 is 0.762 bits per heavy atom. The Morgan fingerprint density at radius 3 is 1.86 bits per heavy atom. The van der Waals surface area contributed by atoms with Crippen molar-refractivity contribution in [3.8, 4) is 0 Å². The van der Waals surface area contributed by atoms with E-state index in [1.54, 1.807) is 36.4 Å². The Bertz CT molecular complexity index is 757. The third kappa shape index (κ3) is 2.89. The van der Waals surface area contributed by atoms with Gasteiger partial charge in [-0.2, -0.15) is 0 Å². The molecular weight excluding hydrogens is 364 g/mol. The van der Waals surface area contributed by atoms with Crippen LogP contribution in [0.4, 0.5) is 5.69 Å². The fourth-order valence-electron chi connectivity index (χ4n) is 2.21. The van der Waals surface area contributed by atoms with Crippen LogP contribution in [0, 0.1) is 5.39 Å². The van der Waals surface area contributed by atoms with Gasteiger partial charge in [0.15, 0.2) is 10.8 Å². The molecule has 1 aliphatic carbocycles. The molecule has 0 heterocycles. The number of rotatable bonds is 0. The second kappa shape index (κ2) is 7.42. The molecule has 0 atom stereocenters. The maximum absolute atomic E-state index is 12.3. The van der Waals surface area contributed by atoms with E-state index in [9.17, 15) is 9.59 Å². The number of ketones is 2. The Hall–Kier alpha value is -1.60. The van der Waals surface area contributed by atoms with Gasteiger partial charge in [0, 0.05) is 42.2 Å². The van der Waals surface area contributed by atoms with E-state index < -0.39 is 0 Å². The van der Waals surface area contributed by atoms with Crippen LogP contribution in [-0.2, 0) is 19.5 Å². The SMILES string of the molecule is N#[N+]c1cccc2c1C(=O)c1ccccc1C2=O.[Cl-].[Cl-].[Zn]. The monoisotopic (exact) mass is 369 g/mol. The van der Waals surface area contributed by atoms with Crippen molar-refractivity contribution < 1.29 is 53.9 Å². The van der Waals surface area contributed by atoms with E-state index >= 15 is 0 Å². The molecule has 3 rings (SSSR count). The van der Waals surface area contributed by atoms with Gasteiger partial charge in [0.1, 0.15) is 5.56 Å². The molecule has 0 aliphatic heterocycles. The number of diazo groups is 1. The Morgan fingerprint density at radius 2 is 1.29 bits per heavy atom. The van der Waals surface area contributed by atoms with Gasteiger partial charge < -0.3 is 24.8 Å². The van der Waals surface area contributed by atoms with Crippen LogP contribution >= 0.6 is 0 Å². The van der Waals surface area contributed by atoms with Crippen molar-refractivity contribution in [3.05, 3.63) is 69.7 Å². The molecular formula is C14H7Cl2N2O2Zn-. The van der Waals surface area contributed by atoms with Gasteiger partial charge in [-0.05, 0) is 6.07 Å². The molecule has 0 aromatic heterocycles. The van der Waals surface area contributed by atoms with Gasteiger partial charge in [-0.15, -0.1) is 0 Å². The van der Waals surface area contributed by atoms with Crippen molar-refractivity contribution >= 4 is 17.3 Å². The van der Waals surface area contributed by atoms with Gasteiger partial charge in [-0.25, -0.2) is 0 Å². The Kier molecular flexibility index (Phi) is 6.86. The predicted molar refractivity (Wildman–Crippen MR) is 64.5 cm³/mol. The van der Waals surface area contributed by atoms with Gasteiger partial charge >= 0.3 is 5.69 Å². The van der Waals surface area contributed by atoms with Crippen molar-refractivity contribution in [2.45, 2.75) is 0 Å². The quantitative estimate of drug-likeness (QED) is 0.312. The molecule has 4 nitrogen and oxygen atoms in total. The first-order valence-electron chi connectivity index (χ1n) is 5.40. The normalized spacial score (nSPS) is 10.8. The van der Waals surface area contributed by atoms with E-state index in [4.69, 9.17) is 5.39 Å².